The number of phenolic OH excluding ortho intramolecular Hbond substituents is 1. The fourth-order valence-corrected chi connectivity index (χ4v) is 7.93. The van der Waals surface area contributed by atoms with Crippen molar-refractivity contribution in [2.24, 2.45) is 23.5 Å². The summed E-state index contributed by atoms with van der Waals surface area (Å²) < 4.78 is 16.2. The van der Waals surface area contributed by atoms with E-state index in [2.05, 4.69) is 4.90 Å². The van der Waals surface area contributed by atoms with E-state index in [0.29, 0.717) is 12.5 Å². The zero-order chi connectivity index (χ0) is 31.4. The molecule has 5 rings (SSSR count). The zero-order valence-electron chi connectivity index (χ0n) is 25.0. The summed E-state index contributed by atoms with van der Waals surface area (Å²) in [7, 11) is 3.12. The van der Waals surface area contributed by atoms with Crippen molar-refractivity contribution >= 4 is 17.5 Å². The number of allylic oxidation sites excluding steroid dienone is 1. The maximum Gasteiger partial charge on any atom is 0.255 e. The lowest BCUT2D eigenvalue weighted by Gasteiger charge is -2.50. The Morgan fingerprint density at radius 1 is 1.12 bits per heavy atom. The van der Waals surface area contributed by atoms with Gasteiger partial charge in [0.2, 0.25) is 5.78 Å². The fourth-order valence-electron chi connectivity index (χ4n) is 7.93. The number of aromatic hydroxyl groups is 1. The molecule has 4 atom stereocenters. The van der Waals surface area contributed by atoms with Gasteiger partial charge in [-0.1, -0.05) is 32.6 Å². The summed E-state index contributed by atoms with van der Waals surface area (Å²) in [6, 6.07) is 0.150. The summed E-state index contributed by atoms with van der Waals surface area (Å²) in [6.45, 7) is 3.79. The van der Waals surface area contributed by atoms with Gasteiger partial charge in [-0.25, -0.2) is 4.39 Å². The lowest BCUT2D eigenvalue weighted by Crippen LogP contribution is -2.63. The lowest BCUT2D eigenvalue weighted by molar-refractivity contribution is -0.148. The van der Waals surface area contributed by atoms with Crippen molar-refractivity contribution in [2.45, 2.75) is 76.5 Å². The van der Waals surface area contributed by atoms with Crippen molar-refractivity contribution < 1.29 is 39.2 Å². The SMILES string of the molecule is CCN(Cc1cc(O)c2c(c1F)C[C@H]1C[C@H]3[C@H](N(C)C)C(O)=C(C(N)=O)C(=O)[C@@]3(O)C(O)=C1C2=O)CC1CCCCCC1. The Labute approximate surface area is 250 Å². The van der Waals surface area contributed by atoms with E-state index in [1.54, 1.807) is 14.1 Å². The molecule has 6 N–H and O–H groups in total. The number of hydrogen-bond acceptors (Lipinski definition) is 9. The number of ketones is 2. The van der Waals surface area contributed by atoms with Crippen LogP contribution in [0.25, 0.3) is 0 Å². The number of carbonyl (C=O) groups is 3. The summed E-state index contributed by atoms with van der Waals surface area (Å²) in [5.74, 6) is -7.56. The van der Waals surface area contributed by atoms with E-state index in [9.17, 15) is 34.8 Å². The van der Waals surface area contributed by atoms with E-state index in [1.165, 1.54) is 36.6 Å². The Morgan fingerprint density at radius 3 is 2.35 bits per heavy atom. The minimum Gasteiger partial charge on any atom is -0.510 e. The van der Waals surface area contributed by atoms with Gasteiger partial charge in [0.05, 0.1) is 11.6 Å². The Kier molecular flexibility index (Phi) is 8.45. The molecule has 1 aromatic carbocycles. The van der Waals surface area contributed by atoms with Crippen LogP contribution in [0.15, 0.2) is 28.7 Å². The molecule has 0 aliphatic heterocycles. The highest BCUT2D eigenvalue weighted by molar-refractivity contribution is 6.24. The molecular formula is C32H42FN3O7. The zero-order valence-corrected chi connectivity index (χ0v) is 25.0. The molecule has 11 heteroatoms. The highest BCUT2D eigenvalue weighted by Crippen LogP contribution is 2.52. The van der Waals surface area contributed by atoms with Gasteiger partial charge in [-0.3, -0.25) is 24.2 Å². The van der Waals surface area contributed by atoms with Crippen LogP contribution in [0.3, 0.4) is 0 Å². The molecule has 0 spiro atoms. The number of benzene rings is 1. The maximum atomic E-state index is 16.2. The number of carbonyl (C=O) groups excluding carboxylic acids is 3. The quantitative estimate of drug-likeness (QED) is 0.234. The maximum absolute atomic E-state index is 16.2. The number of fused-ring (bicyclic) bond motifs is 3. The van der Waals surface area contributed by atoms with E-state index in [1.807, 2.05) is 6.92 Å². The second-order valence-electron chi connectivity index (χ2n) is 12.9. The third-order valence-corrected chi connectivity index (χ3v) is 10.1. The second kappa shape index (κ2) is 11.7. The van der Waals surface area contributed by atoms with Crippen molar-refractivity contribution in [3.05, 3.63) is 51.2 Å². The predicted octanol–water partition coefficient (Wildman–Crippen LogP) is 3.05. The highest BCUT2D eigenvalue weighted by atomic mass is 19.1. The number of aliphatic hydroxyl groups is 3. The Hall–Kier alpha value is -3.28. The predicted molar refractivity (Wildman–Crippen MR) is 156 cm³/mol. The number of likely N-dealkylation sites (N-methyl/N-ethyl adjacent to an activating group) is 1. The number of Topliss-reactive ketones (excluding diaryl/α,β-unsaturated/α-hetero) is 2. The first kappa shape index (κ1) is 31.2. The number of hydrogen-bond donors (Lipinski definition) is 5. The van der Waals surface area contributed by atoms with Crippen molar-refractivity contribution in [3.8, 4) is 5.75 Å². The normalized spacial score (nSPS) is 28.2. The van der Waals surface area contributed by atoms with Gasteiger partial charge >= 0.3 is 0 Å². The monoisotopic (exact) mass is 599 g/mol. The van der Waals surface area contributed by atoms with E-state index in [-0.39, 0.29) is 41.6 Å². The third-order valence-electron chi connectivity index (χ3n) is 10.1. The summed E-state index contributed by atoms with van der Waals surface area (Å²) in [5.41, 5.74) is 1.46. The number of rotatable bonds is 7. The Morgan fingerprint density at radius 2 is 1.77 bits per heavy atom. The largest absolute Gasteiger partial charge is 0.510 e. The minimum atomic E-state index is -2.72. The molecular weight excluding hydrogens is 557 g/mol. The van der Waals surface area contributed by atoms with Crippen LogP contribution >= 0.6 is 0 Å². The topological polar surface area (TPSA) is 165 Å². The molecule has 1 aromatic rings. The van der Waals surface area contributed by atoms with Gasteiger partial charge in [0.15, 0.2) is 11.4 Å². The molecule has 1 amide bonds. The first-order valence-corrected chi connectivity index (χ1v) is 15.2. The Bertz CT molecular complexity index is 1410. The number of nitrogens with two attached hydrogens (primary N) is 1. The molecule has 0 heterocycles. The van der Waals surface area contributed by atoms with Crippen LogP contribution < -0.4 is 5.73 Å². The molecule has 4 aliphatic carbocycles. The van der Waals surface area contributed by atoms with Gasteiger partial charge in [0.1, 0.15) is 28.7 Å². The molecule has 4 aliphatic rings. The van der Waals surface area contributed by atoms with Crippen molar-refractivity contribution in [1.29, 1.82) is 0 Å². The number of phenols is 1. The minimum absolute atomic E-state index is 0.0265. The standard InChI is InChI=1S/C32H42FN3O7/c1-4-36(14-16-9-7-5-6-8-10-16)15-18-13-21(37)23-19(25(18)33)11-17-12-20-26(35(2)3)28(39)24(31(34)42)30(41)32(20,43)29(40)22(17)27(23)38/h13,16-17,20,26,37,39-40,43H,4-12,14-15H2,1-3H3,(H2,34,42)/t17-,20-,26-,32-/m0/s1. The average molecular weight is 600 g/mol. The van der Waals surface area contributed by atoms with Crippen LogP contribution in [-0.2, 0) is 22.6 Å². The van der Waals surface area contributed by atoms with Crippen molar-refractivity contribution in [1.82, 2.24) is 9.80 Å². The molecule has 0 saturated heterocycles. The Balaban J connectivity index is 1.53. The van der Waals surface area contributed by atoms with Crippen molar-refractivity contribution in [2.75, 3.05) is 27.2 Å². The molecule has 10 nitrogen and oxygen atoms in total. The lowest BCUT2D eigenvalue weighted by atomic mass is 9.58. The van der Waals surface area contributed by atoms with Gasteiger partial charge in [-0.2, -0.15) is 0 Å². The van der Waals surface area contributed by atoms with Crippen LogP contribution in [0.4, 0.5) is 4.39 Å². The number of halogens is 1. The van der Waals surface area contributed by atoms with Crippen LogP contribution in [0.1, 0.15) is 73.4 Å². The number of nitrogens with zero attached hydrogens (tertiary/aromatic N) is 2. The summed E-state index contributed by atoms with van der Waals surface area (Å²) in [6.07, 6.45) is 6.97. The highest BCUT2D eigenvalue weighted by Gasteiger charge is 2.63. The number of primary amides is 1. The van der Waals surface area contributed by atoms with Crippen LogP contribution in [0, 0.1) is 23.6 Å². The van der Waals surface area contributed by atoms with Crippen LogP contribution in [0.2, 0.25) is 0 Å². The molecule has 43 heavy (non-hydrogen) atoms. The molecule has 1 saturated carbocycles. The summed E-state index contributed by atoms with van der Waals surface area (Å²) in [4.78, 5) is 43.0. The van der Waals surface area contributed by atoms with E-state index in [4.69, 9.17) is 5.73 Å². The average Bonchev–Trinajstić information content (AvgIpc) is 3.21. The molecule has 234 valence electrons. The van der Waals surface area contributed by atoms with Crippen LogP contribution in [-0.4, -0.2) is 86.5 Å². The number of amides is 1. The molecule has 0 unspecified atom stereocenters. The molecule has 0 bridgehead atoms. The van der Waals surface area contributed by atoms with Gasteiger partial charge in [-0.05, 0) is 64.2 Å². The fraction of sp³-hybridized carbons (Fsp3) is 0.594. The third kappa shape index (κ3) is 5.05. The van der Waals surface area contributed by atoms with Gasteiger partial charge in [0.25, 0.3) is 5.91 Å². The second-order valence-corrected chi connectivity index (χ2v) is 12.9. The molecule has 0 radical (unpaired) electrons. The summed E-state index contributed by atoms with van der Waals surface area (Å²) >= 11 is 0. The number of aliphatic hydroxyl groups excluding tert-OH is 2. The van der Waals surface area contributed by atoms with E-state index < -0.39 is 69.6 Å². The van der Waals surface area contributed by atoms with Crippen molar-refractivity contribution in [3.63, 3.8) is 0 Å². The first-order valence-electron chi connectivity index (χ1n) is 15.2. The van der Waals surface area contributed by atoms with Gasteiger partial charge in [0, 0.05) is 35.7 Å². The van der Waals surface area contributed by atoms with Crippen LogP contribution in [0.5, 0.6) is 5.75 Å². The van der Waals surface area contributed by atoms with E-state index >= 15 is 4.39 Å². The first-order chi connectivity index (χ1) is 20.3. The molecule has 1 fully saturated rings. The smallest absolute Gasteiger partial charge is 0.255 e. The van der Waals surface area contributed by atoms with Gasteiger partial charge < -0.3 is 26.2 Å². The molecule has 0 aromatic heterocycles. The van der Waals surface area contributed by atoms with Gasteiger partial charge in [-0.15, -0.1) is 0 Å². The van der Waals surface area contributed by atoms with E-state index in [0.717, 1.165) is 19.4 Å². The summed E-state index contributed by atoms with van der Waals surface area (Å²) in [5, 5.41) is 45.0.